The quantitative estimate of drug-likeness (QED) is 0.469. The molecule has 0 saturated carbocycles. The Kier molecular flexibility index (Phi) is 6.29. The number of carbonyl (C=O) groups excluding carboxylic acids is 1. The molecule has 0 saturated heterocycles. The van der Waals surface area contributed by atoms with E-state index in [1.807, 2.05) is 48.0 Å². The van der Waals surface area contributed by atoms with Crippen molar-refractivity contribution in [2.45, 2.75) is 13.5 Å². The lowest BCUT2D eigenvalue weighted by atomic mass is 10.2. The number of hydrogen-bond donors (Lipinski definition) is 1. The third-order valence-corrected chi connectivity index (χ3v) is 4.40. The summed E-state index contributed by atoms with van der Waals surface area (Å²) in [7, 11) is 0. The van der Waals surface area contributed by atoms with E-state index in [1.165, 1.54) is 0 Å². The number of nitrogens with one attached hydrogen (secondary N) is 1. The Morgan fingerprint density at radius 2 is 1.81 bits per heavy atom. The van der Waals surface area contributed by atoms with Crippen molar-refractivity contribution in [2.75, 3.05) is 11.9 Å². The molecule has 2 aromatic heterocycles. The predicted octanol–water partition coefficient (Wildman–Crippen LogP) is 3.92. The van der Waals surface area contributed by atoms with E-state index in [2.05, 4.69) is 20.5 Å². The molecule has 8 nitrogen and oxygen atoms in total. The summed E-state index contributed by atoms with van der Waals surface area (Å²) in [6.45, 7) is 2.26. The monoisotopic (exact) mass is 415 g/mol. The summed E-state index contributed by atoms with van der Waals surface area (Å²) in [6.07, 6.45) is 3.52. The Hall–Kier alpha value is -4.04. The highest BCUT2D eigenvalue weighted by molar-refractivity contribution is 5.91. The van der Waals surface area contributed by atoms with Crippen LogP contribution < -0.4 is 10.1 Å². The maximum atomic E-state index is 12.0. The largest absolute Gasteiger partial charge is 0.438 e. The van der Waals surface area contributed by atoms with Gasteiger partial charge in [0.1, 0.15) is 18.2 Å². The smallest absolute Gasteiger partial charge is 0.250 e. The number of nitrogens with zero attached hydrogens (tertiary/aromatic N) is 4. The SMILES string of the molecule is Cc1nccn1-c1ccc(Oc2ccc(NC(=O)COCc3ccccc3)cc2)nn1. The van der Waals surface area contributed by atoms with Gasteiger partial charge in [-0.25, -0.2) is 4.98 Å². The molecular weight excluding hydrogens is 394 g/mol. The summed E-state index contributed by atoms with van der Waals surface area (Å²) in [5.74, 6) is 2.22. The third kappa shape index (κ3) is 5.52. The first kappa shape index (κ1) is 20.2. The lowest BCUT2D eigenvalue weighted by Crippen LogP contribution is -2.18. The van der Waals surface area contributed by atoms with Gasteiger partial charge in [-0.15, -0.1) is 10.2 Å². The maximum Gasteiger partial charge on any atom is 0.250 e. The van der Waals surface area contributed by atoms with Crippen LogP contribution in [0.3, 0.4) is 0 Å². The lowest BCUT2D eigenvalue weighted by molar-refractivity contribution is -0.121. The first-order chi connectivity index (χ1) is 15.2. The first-order valence-corrected chi connectivity index (χ1v) is 9.71. The fourth-order valence-corrected chi connectivity index (χ4v) is 2.88. The average molecular weight is 415 g/mol. The zero-order valence-corrected chi connectivity index (χ0v) is 16.9. The van der Waals surface area contributed by atoms with Crippen molar-refractivity contribution in [3.8, 4) is 17.4 Å². The Morgan fingerprint density at radius 3 is 2.48 bits per heavy atom. The van der Waals surface area contributed by atoms with Crippen LogP contribution in [0.15, 0.2) is 79.1 Å². The van der Waals surface area contributed by atoms with Gasteiger partial charge in [0.25, 0.3) is 0 Å². The molecule has 0 aliphatic carbocycles. The Morgan fingerprint density at radius 1 is 1.00 bits per heavy atom. The summed E-state index contributed by atoms with van der Waals surface area (Å²) in [6, 6.07) is 20.2. The second kappa shape index (κ2) is 9.64. The maximum absolute atomic E-state index is 12.0. The van der Waals surface area contributed by atoms with Gasteiger partial charge in [-0.1, -0.05) is 30.3 Å². The van der Waals surface area contributed by atoms with Crippen molar-refractivity contribution >= 4 is 11.6 Å². The number of aryl methyl sites for hydroxylation is 1. The number of aromatic nitrogens is 4. The predicted molar refractivity (Wildman–Crippen MR) is 115 cm³/mol. The van der Waals surface area contributed by atoms with Gasteiger partial charge >= 0.3 is 0 Å². The Labute approximate surface area is 179 Å². The van der Waals surface area contributed by atoms with Gasteiger partial charge in [-0.2, -0.15) is 0 Å². The molecule has 2 aromatic carbocycles. The van der Waals surface area contributed by atoms with Crippen molar-refractivity contribution in [1.29, 1.82) is 0 Å². The van der Waals surface area contributed by atoms with Gasteiger partial charge in [-0.3, -0.25) is 9.36 Å². The highest BCUT2D eigenvalue weighted by Crippen LogP contribution is 2.21. The fraction of sp³-hybridized carbons (Fsp3) is 0.130. The lowest BCUT2D eigenvalue weighted by Gasteiger charge is -2.08. The van der Waals surface area contributed by atoms with E-state index in [-0.39, 0.29) is 12.5 Å². The minimum Gasteiger partial charge on any atom is -0.438 e. The van der Waals surface area contributed by atoms with Gasteiger partial charge in [0.2, 0.25) is 11.8 Å². The van der Waals surface area contributed by atoms with Crippen molar-refractivity contribution in [1.82, 2.24) is 19.7 Å². The topological polar surface area (TPSA) is 91.2 Å². The van der Waals surface area contributed by atoms with E-state index < -0.39 is 0 Å². The molecule has 0 unspecified atom stereocenters. The second-order valence-corrected chi connectivity index (χ2v) is 6.73. The summed E-state index contributed by atoms with van der Waals surface area (Å²) in [4.78, 5) is 16.2. The Balaban J connectivity index is 1.27. The first-order valence-electron chi connectivity index (χ1n) is 9.71. The minimum atomic E-state index is -0.221. The molecule has 0 aliphatic heterocycles. The molecule has 2 heterocycles. The number of hydrogen-bond acceptors (Lipinski definition) is 6. The normalized spacial score (nSPS) is 10.6. The van der Waals surface area contributed by atoms with E-state index in [0.29, 0.717) is 29.7 Å². The zero-order valence-electron chi connectivity index (χ0n) is 16.9. The number of anilines is 1. The van der Waals surface area contributed by atoms with Crippen LogP contribution in [0.1, 0.15) is 11.4 Å². The molecule has 31 heavy (non-hydrogen) atoms. The third-order valence-electron chi connectivity index (χ3n) is 4.40. The van der Waals surface area contributed by atoms with E-state index >= 15 is 0 Å². The van der Waals surface area contributed by atoms with Gasteiger partial charge in [0.05, 0.1) is 6.61 Å². The minimum absolute atomic E-state index is 0.0223. The molecule has 156 valence electrons. The molecule has 0 spiro atoms. The van der Waals surface area contributed by atoms with Crippen molar-refractivity contribution in [3.63, 3.8) is 0 Å². The summed E-state index contributed by atoms with van der Waals surface area (Å²) in [5, 5.41) is 11.0. The number of carbonyl (C=O) groups is 1. The number of amides is 1. The molecule has 0 bridgehead atoms. The molecular formula is C23H21N5O3. The molecule has 0 radical (unpaired) electrons. The van der Waals surface area contributed by atoms with Gasteiger partial charge < -0.3 is 14.8 Å². The molecule has 8 heteroatoms. The number of rotatable bonds is 8. The van der Waals surface area contributed by atoms with Gasteiger partial charge in [0.15, 0.2) is 5.82 Å². The summed E-state index contributed by atoms with van der Waals surface area (Å²) >= 11 is 0. The van der Waals surface area contributed by atoms with Crippen LogP contribution >= 0.6 is 0 Å². The summed E-state index contributed by atoms with van der Waals surface area (Å²) in [5.41, 5.74) is 1.67. The van der Waals surface area contributed by atoms with E-state index in [9.17, 15) is 4.79 Å². The van der Waals surface area contributed by atoms with Crippen molar-refractivity contribution in [2.24, 2.45) is 0 Å². The van der Waals surface area contributed by atoms with Crippen LogP contribution in [0, 0.1) is 6.92 Å². The molecule has 1 amide bonds. The van der Waals surface area contributed by atoms with Crippen LogP contribution in [0.5, 0.6) is 11.6 Å². The molecule has 0 fully saturated rings. The second-order valence-electron chi connectivity index (χ2n) is 6.73. The standard InChI is InChI=1S/C23H21N5O3/c1-17-24-13-14-28(17)21-11-12-23(27-26-21)31-20-9-7-19(8-10-20)25-22(29)16-30-15-18-5-3-2-4-6-18/h2-14H,15-16H2,1H3,(H,25,29). The van der Waals surface area contributed by atoms with E-state index in [1.54, 1.807) is 42.6 Å². The molecule has 4 aromatic rings. The van der Waals surface area contributed by atoms with Gasteiger partial charge in [0, 0.05) is 24.1 Å². The van der Waals surface area contributed by atoms with Crippen LogP contribution in [0.4, 0.5) is 5.69 Å². The highest BCUT2D eigenvalue weighted by Gasteiger charge is 2.06. The van der Waals surface area contributed by atoms with Crippen LogP contribution in [-0.2, 0) is 16.1 Å². The number of ether oxygens (including phenoxy) is 2. The van der Waals surface area contributed by atoms with Crippen LogP contribution in [0.2, 0.25) is 0 Å². The number of imidazole rings is 1. The van der Waals surface area contributed by atoms with Crippen LogP contribution in [0.25, 0.3) is 5.82 Å². The van der Waals surface area contributed by atoms with E-state index in [4.69, 9.17) is 9.47 Å². The van der Waals surface area contributed by atoms with E-state index in [0.717, 1.165) is 11.4 Å². The fourth-order valence-electron chi connectivity index (χ4n) is 2.88. The van der Waals surface area contributed by atoms with Crippen LogP contribution in [-0.4, -0.2) is 32.3 Å². The Bertz CT molecular complexity index is 1130. The number of benzene rings is 2. The molecule has 0 aliphatic rings. The summed E-state index contributed by atoms with van der Waals surface area (Å²) < 4.78 is 13.0. The average Bonchev–Trinajstić information content (AvgIpc) is 3.22. The zero-order chi connectivity index (χ0) is 21.5. The molecule has 4 rings (SSSR count). The molecule has 1 N–H and O–H groups in total. The van der Waals surface area contributed by atoms with Gasteiger partial charge in [-0.05, 0) is 42.8 Å². The molecule has 0 atom stereocenters. The van der Waals surface area contributed by atoms with Crippen molar-refractivity contribution in [3.05, 3.63) is 90.5 Å². The highest BCUT2D eigenvalue weighted by atomic mass is 16.5. The van der Waals surface area contributed by atoms with Crippen molar-refractivity contribution < 1.29 is 14.3 Å².